The average Bonchev–Trinajstić information content (AvgIpc) is 2.56. The van der Waals surface area contributed by atoms with Crippen LogP contribution >= 0.6 is 0 Å². The van der Waals surface area contributed by atoms with Crippen molar-refractivity contribution in [3.05, 3.63) is 0 Å². The van der Waals surface area contributed by atoms with E-state index < -0.39 is 10.0 Å². The van der Waals surface area contributed by atoms with Crippen LogP contribution in [0.4, 0.5) is 0 Å². The van der Waals surface area contributed by atoms with E-state index in [1.165, 1.54) is 4.31 Å². The molecular formula is C14H27N3O4S. The number of carbonyl (C=O) groups excluding carboxylic acids is 1. The van der Waals surface area contributed by atoms with Crippen molar-refractivity contribution < 1.29 is 17.9 Å². The van der Waals surface area contributed by atoms with E-state index in [9.17, 15) is 13.2 Å². The predicted molar refractivity (Wildman–Crippen MR) is 84.0 cm³/mol. The van der Waals surface area contributed by atoms with Gasteiger partial charge in [-0.3, -0.25) is 9.69 Å². The van der Waals surface area contributed by atoms with Gasteiger partial charge in [-0.15, -0.1) is 0 Å². The smallest absolute Gasteiger partial charge is 0.224 e. The molecule has 22 heavy (non-hydrogen) atoms. The van der Waals surface area contributed by atoms with Crippen molar-refractivity contribution in [1.82, 2.24) is 14.5 Å². The van der Waals surface area contributed by atoms with Gasteiger partial charge in [0.2, 0.25) is 15.9 Å². The quantitative estimate of drug-likeness (QED) is 0.709. The van der Waals surface area contributed by atoms with Crippen LogP contribution in [0.2, 0.25) is 0 Å². The maximum absolute atomic E-state index is 12.2. The van der Waals surface area contributed by atoms with Gasteiger partial charge in [-0.05, 0) is 19.8 Å². The molecule has 0 aliphatic carbocycles. The number of hydrogen-bond acceptors (Lipinski definition) is 5. The standard InChI is InChI=1S/C14H27N3O4S/c1-2-22(19,20)17-6-3-4-13(12-17)14(18)15-5-7-16-8-10-21-11-9-16/h13H,2-12H2,1H3,(H,15,18)/t13-/m0/s1. The molecule has 1 amide bonds. The summed E-state index contributed by atoms with van der Waals surface area (Å²) in [5.74, 6) is -0.151. The van der Waals surface area contributed by atoms with Gasteiger partial charge in [0, 0.05) is 39.3 Å². The van der Waals surface area contributed by atoms with E-state index in [1.54, 1.807) is 6.92 Å². The summed E-state index contributed by atoms with van der Waals surface area (Å²) in [6, 6.07) is 0. The Morgan fingerprint density at radius 2 is 2.00 bits per heavy atom. The molecule has 0 bridgehead atoms. The van der Waals surface area contributed by atoms with Gasteiger partial charge in [-0.1, -0.05) is 0 Å². The summed E-state index contributed by atoms with van der Waals surface area (Å²) in [5, 5.41) is 2.95. The molecule has 1 N–H and O–H groups in total. The first-order valence-corrected chi connectivity index (χ1v) is 9.69. The predicted octanol–water partition coefficient (Wildman–Crippen LogP) is -0.503. The van der Waals surface area contributed by atoms with Crippen LogP contribution in [-0.2, 0) is 19.6 Å². The molecule has 2 rings (SSSR count). The second-order valence-electron chi connectivity index (χ2n) is 5.84. The highest BCUT2D eigenvalue weighted by atomic mass is 32.2. The first-order valence-electron chi connectivity index (χ1n) is 8.08. The van der Waals surface area contributed by atoms with E-state index in [-0.39, 0.29) is 17.6 Å². The zero-order valence-electron chi connectivity index (χ0n) is 13.3. The maximum atomic E-state index is 12.2. The fourth-order valence-electron chi connectivity index (χ4n) is 2.90. The van der Waals surface area contributed by atoms with E-state index in [0.717, 1.165) is 45.7 Å². The Morgan fingerprint density at radius 1 is 1.27 bits per heavy atom. The fraction of sp³-hybridized carbons (Fsp3) is 0.929. The highest BCUT2D eigenvalue weighted by Crippen LogP contribution is 2.19. The number of morpholine rings is 1. The Labute approximate surface area is 133 Å². The van der Waals surface area contributed by atoms with Gasteiger partial charge in [0.1, 0.15) is 0 Å². The van der Waals surface area contributed by atoms with Crippen molar-refractivity contribution >= 4 is 15.9 Å². The highest BCUT2D eigenvalue weighted by Gasteiger charge is 2.31. The lowest BCUT2D eigenvalue weighted by atomic mass is 9.99. The van der Waals surface area contributed by atoms with Gasteiger partial charge < -0.3 is 10.1 Å². The molecule has 1 atom stereocenters. The van der Waals surface area contributed by atoms with Crippen LogP contribution in [-0.4, -0.2) is 81.8 Å². The number of ether oxygens (including phenoxy) is 1. The van der Waals surface area contributed by atoms with Gasteiger partial charge in [0.15, 0.2) is 0 Å². The molecule has 0 aromatic carbocycles. The van der Waals surface area contributed by atoms with Gasteiger partial charge in [-0.2, -0.15) is 0 Å². The van der Waals surface area contributed by atoms with Gasteiger partial charge in [-0.25, -0.2) is 12.7 Å². The van der Waals surface area contributed by atoms with Crippen LogP contribution in [0.5, 0.6) is 0 Å². The van der Waals surface area contributed by atoms with Crippen molar-refractivity contribution in [2.24, 2.45) is 5.92 Å². The lowest BCUT2D eigenvalue weighted by Gasteiger charge is -2.31. The van der Waals surface area contributed by atoms with Crippen LogP contribution in [0, 0.1) is 5.92 Å². The van der Waals surface area contributed by atoms with Gasteiger partial charge in [0.25, 0.3) is 0 Å². The summed E-state index contributed by atoms with van der Waals surface area (Å²) in [6.45, 7) is 7.23. The Balaban J connectivity index is 1.74. The van der Waals surface area contributed by atoms with Crippen molar-refractivity contribution in [1.29, 1.82) is 0 Å². The minimum atomic E-state index is -3.19. The zero-order chi connectivity index (χ0) is 16.0. The molecule has 0 aromatic rings. The van der Waals surface area contributed by atoms with E-state index in [2.05, 4.69) is 10.2 Å². The summed E-state index contributed by atoms with van der Waals surface area (Å²) >= 11 is 0. The number of piperidine rings is 1. The first kappa shape index (κ1) is 17.7. The van der Waals surface area contributed by atoms with Crippen molar-refractivity contribution in [3.63, 3.8) is 0 Å². The second kappa shape index (κ2) is 8.24. The molecule has 2 aliphatic heterocycles. The van der Waals surface area contributed by atoms with E-state index in [0.29, 0.717) is 19.6 Å². The molecule has 2 saturated heterocycles. The normalized spacial score (nSPS) is 25.0. The minimum Gasteiger partial charge on any atom is -0.379 e. The number of nitrogens with one attached hydrogen (secondary N) is 1. The fourth-order valence-corrected chi connectivity index (χ4v) is 4.08. The lowest BCUT2D eigenvalue weighted by molar-refractivity contribution is -0.126. The largest absolute Gasteiger partial charge is 0.379 e. The molecule has 2 fully saturated rings. The molecule has 0 radical (unpaired) electrons. The van der Waals surface area contributed by atoms with Crippen LogP contribution in [0.3, 0.4) is 0 Å². The van der Waals surface area contributed by atoms with Gasteiger partial charge in [0.05, 0.1) is 24.9 Å². The highest BCUT2D eigenvalue weighted by molar-refractivity contribution is 7.89. The van der Waals surface area contributed by atoms with Crippen molar-refractivity contribution in [3.8, 4) is 0 Å². The summed E-state index contributed by atoms with van der Waals surface area (Å²) in [5.41, 5.74) is 0. The summed E-state index contributed by atoms with van der Waals surface area (Å²) in [6.07, 6.45) is 1.51. The molecule has 8 heteroatoms. The summed E-state index contributed by atoms with van der Waals surface area (Å²) < 4.78 is 30.6. The molecule has 0 saturated carbocycles. The Hall–Kier alpha value is -0.700. The third kappa shape index (κ3) is 4.91. The van der Waals surface area contributed by atoms with Crippen molar-refractivity contribution in [2.45, 2.75) is 19.8 Å². The van der Waals surface area contributed by atoms with Gasteiger partial charge >= 0.3 is 0 Å². The molecule has 2 aliphatic rings. The number of rotatable bonds is 6. The zero-order valence-corrected chi connectivity index (χ0v) is 14.1. The third-order valence-corrected chi connectivity index (χ3v) is 6.19. The maximum Gasteiger partial charge on any atom is 0.224 e. The van der Waals surface area contributed by atoms with Crippen molar-refractivity contribution in [2.75, 3.05) is 58.2 Å². The van der Waals surface area contributed by atoms with Crippen LogP contribution in [0.15, 0.2) is 0 Å². The summed E-state index contributed by atoms with van der Waals surface area (Å²) in [4.78, 5) is 14.5. The van der Waals surface area contributed by atoms with E-state index in [4.69, 9.17) is 4.74 Å². The molecule has 2 heterocycles. The molecule has 7 nitrogen and oxygen atoms in total. The third-order valence-electron chi connectivity index (χ3n) is 4.34. The topological polar surface area (TPSA) is 79.0 Å². The van der Waals surface area contributed by atoms with E-state index >= 15 is 0 Å². The second-order valence-corrected chi connectivity index (χ2v) is 8.10. The number of nitrogens with zero attached hydrogens (tertiary/aromatic N) is 2. The number of amides is 1. The molecule has 128 valence electrons. The van der Waals surface area contributed by atoms with Crippen LogP contribution in [0.25, 0.3) is 0 Å². The van der Waals surface area contributed by atoms with Crippen LogP contribution < -0.4 is 5.32 Å². The SMILES string of the molecule is CCS(=O)(=O)N1CCC[C@H](C(=O)NCCN2CCOCC2)C1. The number of hydrogen-bond donors (Lipinski definition) is 1. The Bertz CT molecular complexity index is 463. The number of sulfonamides is 1. The number of carbonyl (C=O) groups is 1. The monoisotopic (exact) mass is 333 g/mol. The Kier molecular flexibility index (Phi) is 6.61. The molecule has 0 aromatic heterocycles. The minimum absolute atomic E-state index is 0.0238. The average molecular weight is 333 g/mol. The summed E-state index contributed by atoms with van der Waals surface area (Å²) in [7, 11) is -3.19. The lowest BCUT2D eigenvalue weighted by Crippen LogP contribution is -2.47. The Morgan fingerprint density at radius 3 is 2.68 bits per heavy atom. The molecule has 0 unspecified atom stereocenters. The first-order chi connectivity index (χ1) is 10.5. The van der Waals surface area contributed by atoms with Crippen LogP contribution in [0.1, 0.15) is 19.8 Å². The van der Waals surface area contributed by atoms with E-state index in [1.807, 2.05) is 0 Å². The molecule has 0 spiro atoms. The molecular weight excluding hydrogens is 306 g/mol.